The van der Waals surface area contributed by atoms with E-state index < -0.39 is 0 Å². The van der Waals surface area contributed by atoms with Crippen molar-refractivity contribution in [2.24, 2.45) is 0 Å². The number of carbonyl (C=O) groups is 1. The molecule has 94 valence electrons. The first-order chi connectivity index (χ1) is 8.16. The molecule has 0 unspecified atom stereocenters. The van der Waals surface area contributed by atoms with Crippen LogP contribution in [0.5, 0.6) is 0 Å². The molecule has 1 aliphatic heterocycles. The van der Waals surface area contributed by atoms with E-state index in [2.05, 4.69) is 15.2 Å². The van der Waals surface area contributed by atoms with Gasteiger partial charge in [0.1, 0.15) is 4.88 Å². The molecule has 6 heteroatoms. The molecule has 0 radical (unpaired) electrons. The molecule has 2 rings (SSSR count). The molecule has 1 aromatic rings. The first kappa shape index (κ1) is 12.8. The molecule has 0 aromatic carbocycles. The van der Waals surface area contributed by atoms with Crippen molar-refractivity contribution in [1.82, 2.24) is 15.2 Å². The van der Waals surface area contributed by atoms with Gasteiger partial charge in [0.05, 0.1) is 5.01 Å². The maximum Gasteiger partial charge on any atom is 0.264 e. The fourth-order valence-corrected chi connectivity index (χ4v) is 3.06. The molecule has 1 amide bonds. The number of rotatable bonds is 4. The summed E-state index contributed by atoms with van der Waals surface area (Å²) >= 11 is 7.21. The third-order valence-electron chi connectivity index (χ3n) is 2.81. The second-order valence-electron chi connectivity index (χ2n) is 4.16. The number of thiazole rings is 1. The topological polar surface area (TPSA) is 45.2 Å². The van der Waals surface area contributed by atoms with Crippen LogP contribution in [0.15, 0.2) is 0 Å². The Kier molecular flexibility index (Phi) is 4.36. The summed E-state index contributed by atoms with van der Waals surface area (Å²) in [5.41, 5.74) is 0. The van der Waals surface area contributed by atoms with Crippen molar-refractivity contribution in [1.29, 1.82) is 0 Å². The lowest BCUT2D eigenvalue weighted by Crippen LogP contribution is -2.33. The van der Waals surface area contributed by atoms with Gasteiger partial charge in [-0.15, -0.1) is 11.3 Å². The summed E-state index contributed by atoms with van der Waals surface area (Å²) in [6.45, 7) is 5.73. The Balaban J connectivity index is 1.78. The molecule has 17 heavy (non-hydrogen) atoms. The zero-order chi connectivity index (χ0) is 12.3. The van der Waals surface area contributed by atoms with E-state index in [-0.39, 0.29) is 5.91 Å². The summed E-state index contributed by atoms with van der Waals surface area (Å²) in [6, 6.07) is 0. The van der Waals surface area contributed by atoms with Crippen LogP contribution in [0.25, 0.3) is 0 Å². The van der Waals surface area contributed by atoms with Crippen LogP contribution < -0.4 is 5.32 Å². The van der Waals surface area contributed by atoms with E-state index in [0.717, 1.165) is 24.6 Å². The maximum absolute atomic E-state index is 11.8. The molecule has 1 N–H and O–H groups in total. The standard InChI is InChI=1S/C11H16ClN3OS/c1-8-14-10(12)9(17-8)11(16)13-4-7-15-5-2-3-6-15/h2-7H2,1H3,(H,13,16). The molecule has 0 bridgehead atoms. The zero-order valence-electron chi connectivity index (χ0n) is 9.83. The van der Waals surface area contributed by atoms with Crippen molar-refractivity contribution in [3.05, 3.63) is 15.0 Å². The predicted octanol–water partition coefficient (Wildman–Crippen LogP) is 1.93. The highest BCUT2D eigenvalue weighted by Gasteiger charge is 2.16. The summed E-state index contributed by atoms with van der Waals surface area (Å²) in [5, 5.41) is 4.02. The lowest BCUT2D eigenvalue weighted by Gasteiger charge is -2.14. The van der Waals surface area contributed by atoms with Gasteiger partial charge >= 0.3 is 0 Å². The molecular formula is C11H16ClN3OS. The number of nitrogens with zero attached hydrogens (tertiary/aromatic N) is 2. The summed E-state index contributed by atoms with van der Waals surface area (Å²) in [7, 11) is 0. The molecule has 1 fully saturated rings. The monoisotopic (exact) mass is 273 g/mol. The minimum atomic E-state index is -0.111. The van der Waals surface area contributed by atoms with E-state index in [1.54, 1.807) is 0 Å². The minimum Gasteiger partial charge on any atom is -0.350 e. The van der Waals surface area contributed by atoms with Crippen LogP contribution in [0.3, 0.4) is 0 Å². The lowest BCUT2D eigenvalue weighted by atomic mass is 10.4. The number of aromatic nitrogens is 1. The second kappa shape index (κ2) is 5.80. The van der Waals surface area contributed by atoms with Gasteiger partial charge in [0.15, 0.2) is 5.15 Å². The van der Waals surface area contributed by atoms with Crippen LogP contribution in [0.1, 0.15) is 27.5 Å². The van der Waals surface area contributed by atoms with Crippen molar-refractivity contribution >= 4 is 28.8 Å². The SMILES string of the molecule is Cc1nc(Cl)c(C(=O)NCCN2CCCC2)s1. The van der Waals surface area contributed by atoms with E-state index in [0.29, 0.717) is 16.6 Å². The zero-order valence-corrected chi connectivity index (χ0v) is 11.4. The Bertz CT molecular complexity index is 401. The quantitative estimate of drug-likeness (QED) is 0.912. The van der Waals surface area contributed by atoms with Gasteiger partial charge in [-0.2, -0.15) is 0 Å². The smallest absolute Gasteiger partial charge is 0.264 e. The van der Waals surface area contributed by atoms with Gasteiger partial charge in [0, 0.05) is 13.1 Å². The Morgan fingerprint density at radius 2 is 2.24 bits per heavy atom. The van der Waals surface area contributed by atoms with Crippen LogP contribution in [0, 0.1) is 6.92 Å². The highest BCUT2D eigenvalue weighted by molar-refractivity contribution is 7.14. The summed E-state index contributed by atoms with van der Waals surface area (Å²) in [6.07, 6.45) is 2.54. The number of likely N-dealkylation sites (tertiary alicyclic amines) is 1. The molecule has 1 aliphatic rings. The number of aryl methyl sites for hydroxylation is 1. The van der Waals surface area contributed by atoms with E-state index in [1.165, 1.54) is 24.2 Å². The molecule has 4 nitrogen and oxygen atoms in total. The summed E-state index contributed by atoms with van der Waals surface area (Å²) in [4.78, 5) is 18.7. The van der Waals surface area contributed by atoms with Crippen molar-refractivity contribution in [2.45, 2.75) is 19.8 Å². The van der Waals surface area contributed by atoms with E-state index in [1.807, 2.05) is 6.92 Å². The van der Waals surface area contributed by atoms with Gasteiger partial charge in [-0.1, -0.05) is 11.6 Å². The Morgan fingerprint density at radius 3 is 2.82 bits per heavy atom. The van der Waals surface area contributed by atoms with Crippen molar-refractivity contribution in [3.63, 3.8) is 0 Å². The summed E-state index contributed by atoms with van der Waals surface area (Å²) in [5.74, 6) is -0.111. The van der Waals surface area contributed by atoms with Crippen molar-refractivity contribution in [3.8, 4) is 0 Å². The van der Waals surface area contributed by atoms with E-state index in [4.69, 9.17) is 11.6 Å². The number of hydrogen-bond acceptors (Lipinski definition) is 4. The number of nitrogens with one attached hydrogen (secondary N) is 1. The molecule has 0 atom stereocenters. The summed E-state index contributed by atoms with van der Waals surface area (Å²) < 4.78 is 0. The average Bonchev–Trinajstić information content (AvgIpc) is 2.88. The predicted molar refractivity (Wildman–Crippen MR) is 69.9 cm³/mol. The van der Waals surface area contributed by atoms with Gasteiger partial charge < -0.3 is 10.2 Å². The van der Waals surface area contributed by atoms with Crippen LogP contribution in [-0.2, 0) is 0 Å². The molecule has 1 aromatic heterocycles. The van der Waals surface area contributed by atoms with Crippen LogP contribution in [-0.4, -0.2) is 42.0 Å². The fraction of sp³-hybridized carbons (Fsp3) is 0.636. The lowest BCUT2D eigenvalue weighted by molar-refractivity contribution is 0.0954. The molecule has 0 saturated carbocycles. The van der Waals surface area contributed by atoms with E-state index in [9.17, 15) is 4.79 Å². The van der Waals surface area contributed by atoms with Gasteiger partial charge in [-0.05, 0) is 32.9 Å². The highest BCUT2D eigenvalue weighted by atomic mass is 35.5. The average molecular weight is 274 g/mol. The van der Waals surface area contributed by atoms with Crippen LogP contribution >= 0.6 is 22.9 Å². The number of amides is 1. The molecule has 1 saturated heterocycles. The Morgan fingerprint density at radius 1 is 1.53 bits per heavy atom. The number of halogens is 1. The van der Waals surface area contributed by atoms with Crippen molar-refractivity contribution in [2.75, 3.05) is 26.2 Å². The normalized spacial score (nSPS) is 16.4. The van der Waals surface area contributed by atoms with Gasteiger partial charge in [0.2, 0.25) is 0 Å². The maximum atomic E-state index is 11.8. The van der Waals surface area contributed by atoms with E-state index >= 15 is 0 Å². The van der Waals surface area contributed by atoms with Crippen LogP contribution in [0.2, 0.25) is 5.15 Å². The second-order valence-corrected chi connectivity index (χ2v) is 5.72. The molecular weight excluding hydrogens is 258 g/mol. The number of carbonyl (C=O) groups excluding carboxylic acids is 1. The Hall–Kier alpha value is -0.650. The third kappa shape index (κ3) is 3.40. The van der Waals surface area contributed by atoms with Crippen LogP contribution in [0.4, 0.5) is 0 Å². The molecule has 2 heterocycles. The van der Waals surface area contributed by atoms with Gasteiger partial charge in [-0.3, -0.25) is 4.79 Å². The number of hydrogen-bond donors (Lipinski definition) is 1. The minimum absolute atomic E-state index is 0.111. The molecule has 0 spiro atoms. The van der Waals surface area contributed by atoms with Gasteiger partial charge in [0.25, 0.3) is 5.91 Å². The fourth-order valence-electron chi connectivity index (χ4n) is 1.96. The molecule has 0 aliphatic carbocycles. The highest BCUT2D eigenvalue weighted by Crippen LogP contribution is 2.21. The Labute approximate surface area is 110 Å². The first-order valence-corrected chi connectivity index (χ1v) is 7.00. The third-order valence-corrected chi connectivity index (χ3v) is 4.17. The van der Waals surface area contributed by atoms with Crippen molar-refractivity contribution < 1.29 is 4.79 Å². The first-order valence-electron chi connectivity index (χ1n) is 5.80. The largest absolute Gasteiger partial charge is 0.350 e. The van der Waals surface area contributed by atoms with Gasteiger partial charge in [-0.25, -0.2) is 4.98 Å².